The lowest BCUT2D eigenvalue weighted by Gasteiger charge is -2.35. The average Bonchev–Trinajstić information content (AvgIpc) is 2.56. The summed E-state index contributed by atoms with van der Waals surface area (Å²) in [6, 6.07) is 7.82. The maximum Gasteiger partial charge on any atom is 0.320 e. The summed E-state index contributed by atoms with van der Waals surface area (Å²) >= 11 is 0. The molecule has 1 aromatic carbocycles. The fourth-order valence-electron chi connectivity index (χ4n) is 2.87. The average molecular weight is 335 g/mol. The monoisotopic (exact) mass is 335 g/mol. The first-order chi connectivity index (χ1) is 11.5. The molecular weight excluding hydrogens is 306 g/mol. The van der Waals surface area contributed by atoms with Gasteiger partial charge in [-0.25, -0.2) is 4.79 Å². The number of hydrogen-bond donors (Lipinski definition) is 2. The standard InChI is InChI=1S/C18H29N3O3/c1-14(2)16-6-4-5-7-17(16)24-15(3)19-18(23)21-10-8-20(9-11-21)12-13-22/h4-7,14-15,22H,8-13H2,1-3H3,(H,19,23). The zero-order valence-electron chi connectivity index (χ0n) is 14.9. The minimum Gasteiger partial charge on any atom is -0.471 e. The number of benzene rings is 1. The number of urea groups is 1. The number of aliphatic hydroxyl groups is 1. The van der Waals surface area contributed by atoms with Gasteiger partial charge in [-0.05, 0) is 24.5 Å². The van der Waals surface area contributed by atoms with E-state index in [-0.39, 0.29) is 12.6 Å². The van der Waals surface area contributed by atoms with Crippen molar-refractivity contribution in [2.75, 3.05) is 39.3 Å². The summed E-state index contributed by atoms with van der Waals surface area (Å²) < 4.78 is 5.93. The molecule has 6 heteroatoms. The number of nitrogens with zero attached hydrogens (tertiary/aromatic N) is 2. The van der Waals surface area contributed by atoms with Gasteiger partial charge in [-0.3, -0.25) is 4.90 Å². The van der Waals surface area contributed by atoms with Crippen molar-refractivity contribution in [3.05, 3.63) is 29.8 Å². The molecule has 2 amide bonds. The number of nitrogens with one attached hydrogen (secondary N) is 1. The molecule has 1 atom stereocenters. The van der Waals surface area contributed by atoms with E-state index in [4.69, 9.17) is 9.84 Å². The van der Waals surface area contributed by atoms with Gasteiger partial charge >= 0.3 is 6.03 Å². The Bertz CT molecular complexity index is 528. The van der Waals surface area contributed by atoms with Crippen LogP contribution in [0.2, 0.25) is 0 Å². The molecule has 0 saturated carbocycles. The van der Waals surface area contributed by atoms with Gasteiger partial charge in [0.05, 0.1) is 6.61 Å². The van der Waals surface area contributed by atoms with Crippen molar-refractivity contribution < 1.29 is 14.6 Å². The third-order valence-electron chi connectivity index (χ3n) is 4.25. The van der Waals surface area contributed by atoms with Crippen molar-refractivity contribution in [2.45, 2.75) is 32.9 Å². The summed E-state index contributed by atoms with van der Waals surface area (Å²) in [6.07, 6.45) is -0.395. The molecule has 1 heterocycles. The smallest absolute Gasteiger partial charge is 0.320 e. The maximum absolute atomic E-state index is 12.3. The van der Waals surface area contributed by atoms with Crippen LogP contribution in [0.1, 0.15) is 32.3 Å². The van der Waals surface area contributed by atoms with Crippen LogP contribution in [0.15, 0.2) is 24.3 Å². The second-order valence-electron chi connectivity index (χ2n) is 6.45. The molecular formula is C18H29N3O3. The highest BCUT2D eigenvalue weighted by Crippen LogP contribution is 2.26. The largest absolute Gasteiger partial charge is 0.471 e. The van der Waals surface area contributed by atoms with Crippen molar-refractivity contribution in [1.29, 1.82) is 0 Å². The molecule has 1 saturated heterocycles. The lowest BCUT2D eigenvalue weighted by molar-refractivity contribution is 0.110. The molecule has 134 valence electrons. The molecule has 0 aliphatic carbocycles. The van der Waals surface area contributed by atoms with E-state index in [9.17, 15) is 4.79 Å². The van der Waals surface area contributed by atoms with E-state index in [1.807, 2.05) is 25.1 Å². The molecule has 2 rings (SSSR count). The predicted octanol–water partition coefficient (Wildman–Crippen LogP) is 1.85. The van der Waals surface area contributed by atoms with E-state index >= 15 is 0 Å². The van der Waals surface area contributed by atoms with Crippen molar-refractivity contribution in [3.8, 4) is 5.75 Å². The van der Waals surface area contributed by atoms with Gasteiger partial charge in [0.25, 0.3) is 0 Å². The highest BCUT2D eigenvalue weighted by Gasteiger charge is 2.22. The quantitative estimate of drug-likeness (QED) is 0.779. The number of carbonyl (C=O) groups is 1. The Morgan fingerprint density at radius 3 is 2.50 bits per heavy atom. The van der Waals surface area contributed by atoms with Crippen LogP contribution in [-0.2, 0) is 0 Å². The number of piperazine rings is 1. The molecule has 1 unspecified atom stereocenters. The van der Waals surface area contributed by atoms with Gasteiger partial charge in [-0.1, -0.05) is 32.0 Å². The lowest BCUT2D eigenvalue weighted by atomic mass is 10.0. The molecule has 6 nitrogen and oxygen atoms in total. The van der Waals surface area contributed by atoms with Gasteiger partial charge < -0.3 is 20.1 Å². The summed E-state index contributed by atoms with van der Waals surface area (Å²) in [7, 11) is 0. The minimum absolute atomic E-state index is 0.104. The number of amides is 2. The highest BCUT2D eigenvalue weighted by molar-refractivity contribution is 5.74. The normalized spacial score (nSPS) is 17.0. The van der Waals surface area contributed by atoms with Gasteiger partial charge in [0.2, 0.25) is 0 Å². The Morgan fingerprint density at radius 2 is 1.88 bits per heavy atom. The molecule has 1 aliphatic heterocycles. The summed E-state index contributed by atoms with van der Waals surface area (Å²) in [4.78, 5) is 16.3. The summed E-state index contributed by atoms with van der Waals surface area (Å²) in [5.74, 6) is 1.18. The molecule has 0 bridgehead atoms. The third-order valence-corrected chi connectivity index (χ3v) is 4.25. The topological polar surface area (TPSA) is 65.0 Å². The van der Waals surface area contributed by atoms with E-state index in [0.717, 1.165) is 24.4 Å². The number of carbonyl (C=O) groups excluding carboxylic acids is 1. The van der Waals surface area contributed by atoms with E-state index < -0.39 is 6.23 Å². The summed E-state index contributed by atoms with van der Waals surface area (Å²) in [5, 5.41) is 11.9. The molecule has 2 N–H and O–H groups in total. The molecule has 0 aromatic heterocycles. The second kappa shape index (κ2) is 8.89. The second-order valence-corrected chi connectivity index (χ2v) is 6.45. The first kappa shape index (κ1) is 18.5. The van der Waals surface area contributed by atoms with Crippen LogP contribution >= 0.6 is 0 Å². The van der Waals surface area contributed by atoms with Crippen molar-refractivity contribution in [3.63, 3.8) is 0 Å². The van der Waals surface area contributed by atoms with Crippen LogP contribution in [0.4, 0.5) is 4.79 Å². The van der Waals surface area contributed by atoms with Crippen LogP contribution in [0.25, 0.3) is 0 Å². The van der Waals surface area contributed by atoms with Gasteiger partial charge in [-0.2, -0.15) is 0 Å². The zero-order valence-corrected chi connectivity index (χ0v) is 14.9. The Labute approximate surface area is 144 Å². The Morgan fingerprint density at radius 1 is 1.21 bits per heavy atom. The van der Waals surface area contributed by atoms with Crippen molar-refractivity contribution >= 4 is 6.03 Å². The predicted molar refractivity (Wildman–Crippen MR) is 94.3 cm³/mol. The summed E-state index contributed by atoms with van der Waals surface area (Å²) in [5.41, 5.74) is 1.14. The Balaban J connectivity index is 1.84. The van der Waals surface area contributed by atoms with E-state index in [1.54, 1.807) is 4.90 Å². The van der Waals surface area contributed by atoms with E-state index in [1.165, 1.54) is 0 Å². The van der Waals surface area contributed by atoms with E-state index in [2.05, 4.69) is 30.1 Å². The van der Waals surface area contributed by atoms with Gasteiger partial charge in [0.15, 0.2) is 6.23 Å². The highest BCUT2D eigenvalue weighted by atomic mass is 16.5. The Kier molecular flexibility index (Phi) is 6.87. The molecule has 1 fully saturated rings. The van der Waals surface area contributed by atoms with Crippen LogP contribution in [0, 0.1) is 0 Å². The minimum atomic E-state index is -0.395. The fraction of sp³-hybridized carbons (Fsp3) is 0.611. The lowest BCUT2D eigenvalue weighted by Crippen LogP contribution is -2.54. The molecule has 0 radical (unpaired) electrons. The van der Waals surface area contributed by atoms with Crippen LogP contribution in [0.5, 0.6) is 5.75 Å². The first-order valence-electron chi connectivity index (χ1n) is 8.65. The van der Waals surface area contributed by atoms with Crippen molar-refractivity contribution in [2.24, 2.45) is 0 Å². The van der Waals surface area contributed by atoms with Gasteiger partial charge in [-0.15, -0.1) is 0 Å². The SMILES string of the molecule is CC(NC(=O)N1CCN(CCO)CC1)Oc1ccccc1C(C)C. The van der Waals surface area contributed by atoms with Crippen LogP contribution < -0.4 is 10.1 Å². The molecule has 1 aromatic rings. The number of rotatable bonds is 6. The number of hydrogen-bond acceptors (Lipinski definition) is 4. The van der Waals surface area contributed by atoms with E-state index in [0.29, 0.717) is 25.6 Å². The summed E-state index contributed by atoms with van der Waals surface area (Å²) in [6.45, 7) is 9.83. The van der Waals surface area contributed by atoms with Gasteiger partial charge in [0, 0.05) is 32.7 Å². The Hall–Kier alpha value is -1.79. The first-order valence-corrected chi connectivity index (χ1v) is 8.65. The number of β-amino-alcohol motifs (C(OH)–C–C–N with tert-alkyl or cyclic N) is 1. The number of aliphatic hydroxyl groups excluding tert-OH is 1. The molecule has 0 spiro atoms. The van der Waals surface area contributed by atoms with Crippen LogP contribution in [-0.4, -0.2) is 66.5 Å². The fourth-order valence-corrected chi connectivity index (χ4v) is 2.87. The molecule has 24 heavy (non-hydrogen) atoms. The number of ether oxygens (including phenoxy) is 1. The third kappa shape index (κ3) is 5.11. The molecule has 1 aliphatic rings. The maximum atomic E-state index is 12.3. The van der Waals surface area contributed by atoms with Crippen molar-refractivity contribution in [1.82, 2.24) is 15.1 Å². The zero-order chi connectivity index (χ0) is 17.5. The van der Waals surface area contributed by atoms with Crippen LogP contribution in [0.3, 0.4) is 0 Å². The van der Waals surface area contributed by atoms with Gasteiger partial charge in [0.1, 0.15) is 5.75 Å². The number of para-hydroxylation sites is 1.